The summed E-state index contributed by atoms with van der Waals surface area (Å²) in [4.78, 5) is 31.4. The topological polar surface area (TPSA) is 118 Å². The molecule has 1 aliphatic rings. The van der Waals surface area contributed by atoms with E-state index in [1.165, 1.54) is 17.5 Å². The number of thioether (sulfide) groups is 1. The summed E-state index contributed by atoms with van der Waals surface area (Å²) < 4.78 is 29.0. The first kappa shape index (κ1) is 20.3. The number of H-pyrrole nitrogens is 1. The lowest BCUT2D eigenvalue weighted by Crippen LogP contribution is -2.27. The van der Waals surface area contributed by atoms with Crippen LogP contribution in [0.1, 0.15) is 31.7 Å². The normalized spacial score (nSPS) is 16.9. The quantitative estimate of drug-likeness (QED) is 0.403. The molecular formula is C15H14BrF2N7O2S2. The average molecular weight is 506 g/mol. The molecule has 0 bridgehead atoms. The molecule has 0 aromatic carbocycles. The van der Waals surface area contributed by atoms with Crippen LogP contribution in [0.25, 0.3) is 11.0 Å². The number of anilines is 1. The maximum Gasteiger partial charge on any atom is 0.262 e. The van der Waals surface area contributed by atoms with E-state index in [4.69, 9.17) is 0 Å². The molecule has 0 aliphatic heterocycles. The van der Waals surface area contributed by atoms with Crippen LogP contribution in [0.2, 0.25) is 0 Å². The Morgan fingerprint density at radius 2 is 2.17 bits per heavy atom. The van der Waals surface area contributed by atoms with E-state index >= 15 is 0 Å². The van der Waals surface area contributed by atoms with Crippen molar-refractivity contribution >= 4 is 61.1 Å². The summed E-state index contributed by atoms with van der Waals surface area (Å²) in [5.74, 6) is -2.99. The van der Waals surface area contributed by atoms with Gasteiger partial charge in [0, 0.05) is 12.8 Å². The van der Waals surface area contributed by atoms with Gasteiger partial charge in [0.1, 0.15) is 5.39 Å². The lowest BCUT2D eigenvalue weighted by molar-refractivity contribution is -0.113. The van der Waals surface area contributed by atoms with Crippen LogP contribution in [0, 0.1) is 0 Å². The molecule has 0 atom stereocenters. The van der Waals surface area contributed by atoms with Crippen molar-refractivity contribution in [3.05, 3.63) is 20.5 Å². The molecule has 14 heteroatoms. The first-order chi connectivity index (χ1) is 13.8. The molecule has 1 amide bonds. The van der Waals surface area contributed by atoms with Gasteiger partial charge >= 0.3 is 0 Å². The van der Waals surface area contributed by atoms with Crippen molar-refractivity contribution in [2.45, 2.75) is 42.8 Å². The third kappa shape index (κ3) is 4.64. The number of carbonyl (C=O) groups is 1. The fourth-order valence-electron chi connectivity index (χ4n) is 3.07. The van der Waals surface area contributed by atoms with Crippen LogP contribution >= 0.6 is 39.0 Å². The molecule has 0 saturated heterocycles. The van der Waals surface area contributed by atoms with Crippen LogP contribution in [-0.2, 0) is 4.79 Å². The smallest absolute Gasteiger partial charge is 0.262 e. The van der Waals surface area contributed by atoms with Crippen molar-refractivity contribution in [2.75, 3.05) is 11.1 Å². The highest BCUT2D eigenvalue weighted by Crippen LogP contribution is 2.38. The highest BCUT2D eigenvalue weighted by Gasteiger charge is 2.36. The first-order valence-electron chi connectivity index (χ1n) is 8.58. The molecule has 3 aromatic heterocycles. The molecule has 0 radical (unpaired) electrons. The van der Waals surface area contributed by atoms with E-state index in [0.29, 0.717) is 14.7 Å². The maximum atomic E-state index is 13.4. The fraction of sp³-hybridized carbons (Fsp3) is 0.467. The third-order valence-electron chi connectivity index (χ3n) is 4.46. The van der Waals surface area contributed by atoms with E-state index in [1.54, 1.807) is 4.68 Å². The predicted molar refractivity (Wildman–Crippen MR) is 108 cm³/mol. The van der Waals surface area contributed by atoms with Gasteiger partial charge in [-0.25, -0.2) is 18.4 Å². The second-order valence-corrected chi connectivity index (χ2v) is 9.70. The second-order valence-electron chi connectivity index (χ2n) is 6.48. The van der Waals surface area contributed by atoms with Gasteiger partial charge in [0.25, 0.3) is 5.56 Å². The summed E-state index contributed by atoms with van der Waals surface area (Å²) >= 11 is 5.38. The highest BCUT2D eigenvalue weighted by atomic mass is 79.9. The maximum absolute atomic E-state index is 13.4. The van der Waals surface area contributed by atoms with Crippen molar-refractivity contribution in [1.29, 1.82) is 0 Å². The summed E-state index contributed by atoms with van der Waals surface area (Å²) in [7, 11) is 0. The summed E-state index contributed by atoms with van der Waals surface area (Å²) in [6.45, 7) is 0. The van der Waals surface area contributed by atoms with Gasteiger partial charge in [-0.2, -0.15) is 5.10 Å². The summed E-state index contributed by atoms with van der Waals surface area (Å²) in [6, 6.07) is -0.238. The van der Waals surface area contributed by atoms with Crippen molar-refractivity contribution in [3.63, 3.8) is 0 Å². The molecule has 2 N–H and O–H groups in total. The molecule has 0 spiro atoms. The Labute approximate surface area is 178 Å². The number of aromatic nitrogens is 6. The van der Waals surface area contributed by atoms with Crippen LogP contribution in [0.15, 0.2) is 20.1 Å². The summed E-state index contributed by atoms with van der Waals surface area (Å²) in [5, 5.41) is 15.2. The summed E-state index contributed by atoms with van der Waals surface area (Å²) in [6.07, 6.45) is 1.49. The van der Waals surface area contributed by atoms with Gasteiger partial charge in [-0.1, -0.05) is 23.1 Å². The molecule has 3 aromatic rings. The van der Waals surface area contributed by atoms with Crippen molar-refractivity contribution in [2.24, 2.45) is 0 Å². The van der Waals surface area contributed by atoms with E-state index in [2.05, 4.69) is 46.5 Å². The first-order valence-corrected chi connectivity index (χ1v) is 11.2. The van der Waals surface area contributed by atoms with Crippen molar-refractivity contribution < 1.29 is 13.6 Å². The Balaban J connectivity index is 1.49. The van der Waals surface area contributed by atoms with Gasteiger partial charge in [-0.05, 0) is 28.8 Å². The monoisotopic (exact) mass is 505 g/mol. The van der Waals surface area contributed by atoms with Gasteiger partial charge in [0.15, 0.2) is 14.7 Å². The van der Waals surface area contributed by atoms with E-state index in [-0.39, 0.29) is 53.9 Å². The Hall–Kier alpha value is -1.93. The van der Waals surface area contributed by atoms with Gasteiger partial charge < -0.3 is 4.98 Å². The standard InChI is InChI=1S/C15H14BrF2N7O2S2/c16-12-23-24-14(29-12)20-9(26)6-28-13-21-10-8(11(27)22-13)5-19-25(10)7-1-3-15(17,18)4-2-7/h5,7H,1-4,6H2,(H,20,24,26)(H,21,22,27). The van der Waals surface area contributed by atoms with Crippen LogP contribution < -0.4 is 10.9 Å². The molecule has 0 unspecified atom stereocenters. The molecule has 1 saturated carbocycles. The molecular weight excluding hydrogens is 492 g/mol. The molecule has 1 fully saturated rings. The number of fused-ring (bicyclic) bond motifs is 1. The number of halogens is 3. The van der Waals surface area contributed by atoms with Crippen LogP contribution in [0.3, 0.4) is 0 Å². The van der Waals surface area contributed by atoms with E-state index in [1.807, 2.05) is 0 Å². The zero-order valence-electron chi connectivity index (χ0n) is 14.7. The zero-order chi connectivity index (χ0) is 20.6. The summed E-state index contributed by atoms with van der Waals surface area (Å²) in [5.41, 5.74) is -0.0571. The third-order valence-corrected chi connectivity index (χ3v) is 6.61. The number of alkyl halides is 2. The molecule has 9 nitrogen and oxygen atoms in total. The lowest BCUT2D eigenvalue weighted by atomic mass is 9.92. The molecule has 154 valence electrons. The van der Waals surface area contributed by atoms with E-state index in [0.717, 1.165) is 11.8 Å². The van der Waals surface area contributed by atoms with Crippen molar-refractivity contribution in [3.8, 4) is 0 Å². The molecule has 3 heterocycles. The molecule has 29 heavy (non-hydrogen) atoms. The lowest BCUT2D eigenvalue weighted by Gasteiger charge is -2.28. The van der Waals surface area contributed by atoms with E-state index in [9.17, 15) is 18.4 Å². The van der Waals surface area contributed by atoms with Crippen LogP contribution in [-0.4, -0.2) is 47.5 Å². The minimum atomic E-state index is -2.65. The van der Waals surface area contributed by atoms with Crippen LogP contribution in [0.4, 0.5) is 13.9 Å². The Morgan fingerprint density at radius 1 is 1.41 bits per heavy atom. The number of aromatic amines is 1. The predicted octanol–water partition coefficient (Wildman–Crippen LogP) is 3.21. The number of carbonyl (C=O) groups excluding carboxylic acids is 1. The largest absolute Gasteiger partial charge is 0.301 e. The minimum Gasteiger partial charge on any atom is -0.301 e. The molecule has 1 aliphatic carbocycles. The highest BCUT2D eigenvalue weighted by molar-refractivity contribution is 9.11. The number of amides is 1. The fourth-order valence-corrected chi connectivity index (χ4v) is 4.75. The number of hydrogen-bond donors (Lipinski definition) is 2. The number of nitrogens with one attached hydrogen (secondary N) is 2. The molecule has 4 rings (SSSR count). The second kappa shape index (κ2) is 8.07. The van der Waals surface area contributed by atoms with Crippen LogP contribution in [0.5, 0.6) is 0 Å². The Kier molecular flexibility index (Phi) is 5.66. The number of rotatable bonds is 5. The Morgan fingerprint density at radius 3 is 2.86 bits per heavy atom. The number of hydrogen-bond acceptors (Lipinski definition) is 8. The van der Waals surface area contributed by atoms with E-state index < -0.39 is 11.5 Å². The minimum absolute atomic E-state index is 0.00453. The average Bonchev–Trinajstić information content (AvgIpc) is 3.27. The Bertz CT molecular complexity index is 1110. The SMILES string of the molecule is O=C(CSc1nc2c(cnn2C2CCC(F)(F)CC2)c(=O)[nH]1)Nc1nnc(Br)s1. The van der Waals surface area contributed by atoms with Gasteiger partial charge in [-0.3, -0.25) is 14.9 Å². The zero-order valence-corrected chi connectivity index (χ0v) is 17.9. The number of nitrogens with zero attached hydrogens (tertiary/aromatic N) is 5. The van der Waals surface area contributed by atoms with Crippen molar-refractivity contribution in [1.82, 2.24) is 29.9 Å². The van der Waals surface area contributed by atoms with Gasteiger partial charge in [0.2, 0.25) is 17.0 Å². The van der Waals surface area contributed by atoms with Gasteiger partial charge in [0.05, 0.1) is 18.0 Å². The van der Waals surface area contributed by atoms with Gasteiger partial charge in [-0.15, -0.1) is 10.2 Å².